The average molecular weight is 195 g/mol. The van der Waals surface area contributed by atoms with E-state index in [0.29, 0.717) is 6.04 Å². The fraction of sp³-hybridized carbons (Fsp3) is 0.778. The quantitative estimate of drug-likeness (QED) is 0.698. The van der Waals surface area contributed by atoms with Gasteiger partial charge in [0, 0.05) is 39.3 Å². The fourth-order valence-corrected chi connectivity index (χ4v) is 1.84. The van der Waals surface area contributed by atoms with Crippen LogP contribution < -0.4 is 5.32 Å². The molecule has 1 atom stereocenters. The molecule has 1 aliphatic heterocycles. The summed E-state index contributed by atoms with van der Waals surface area (Å²) in [5, 5.41) is 11.2. The van der Waals surface area contributed by atoms with Gasteiger partial charge < -0.3 is 5.32 Å². The largest absolute Gasteiger partial charge is 0.312 e. The third-order valence-corrected chi connectivity index (χ3v) is 2.65. The lowest BCUT2D eigenvalue weighted by Crippen LogP contribution is -2.48. The van der Waals surface area contributed by atoms with Crippen LogP contribution in [0.25, 0.3) is 0 Å². The van der Waals surface area contributed by atoms with Gasteiger partial charge in [-0.1, -0.05) is 5.21 Å². The molecular formula is C9H17N5. The van der Waals surface area contributed by atoms with Crippen LogP contribution in [0.15, 0.2) is 6.20 Å². The Labute approximate surface area is 84.1 Å². The number of aryl methyl sites for hydroxylation is 1. The summed E-state index contributed by atoms with van der Waals surface area (Å²) in [4.78, 5) is 2.43. The van der Waals surface area contributed by atoms with Crippen LogP contribution in [-0.4, -0.2) is 45.6 Å². The van der Waals surface area contributed by atoms with Crippen LogP contribution in [0.4, 0.5) is 0 Å². The minimum absolute atomic E-state index is 0.588. The third kappa shape index (κ3) is 2.10. The van der Waals surface area contributed by atoms with E-state index in [2.05, 4.69) is 27.5 Å². The summed E-state index contributed by atoms with van der Waals surface area (Å²) in [7, 11) is 1.94. The lowest BCUT2D eigenvalue weighted by molar-refractivity contribution is 0.195. The molecule has 1 saturated heterocycles. The monoisotopic (exact) mass is 195 g/mol. The molecule has 1 aromatic rings. The van der Waals surface area contributed by atoms with Crippen molar-refractivity contribution in [1.29, 1.82) is 0 Å². The fourth-order valence-electron chi connectivity index (χ4n) is 1.84. The Morgan fingerprint density at radius 1 is 1.64 bits per heavy atom. The van der Waals surface area contributed by atoms with E-state index >= 15 is 0 Å². The van der Waals surface area contributed by atoms with Crippen molar-refractivity contribution >= 4 is 0 Å². The zero-order valence-corrected chi connectivity index (χ0v) is 8.77. The molecule has 1 N–H and O–H groups in total. The smallest absolute Gasteiger partial charge is 0.0738 e. The van der Waals surface area contributed by atoms with Crippen molar-refractivity contribution in [3.8, 4) is 0 Å². The Kier molecular flexibility index (Phi) is 2.79. The van der Waals surface area contributed by atoms with Gasteiger partial charge in [-0.3, -0.25) is 9.58 Å². The second-order valence-corrected chi connectivity index (χ2v) is 3.94. The topological polar surface area (TPSA) is 46.0 Å². The highest BCUT2D eigenvalue weighted by atomic mass is 15.4. The van der Waals surface area contributed by atoms with Crippen LogP contribution in [0.1, 0.15) is 12.6 Å². The Morgan fingerprint density at radius 2 is 2.50 bits per heavy atom. The summed E-state index contributed by atoms with van der Waals surface area (Å²) < 4.78 is 1.84. The van der Waals surface area contributed by atoms with Gasteiger partial charge in [0.05, 0.1) is 11.9 Å². The van der Waals surface area contributed by atoms with E-state index in [0.717, 1.165) is 26.2 Å². The lowest BCUT2D eigenvalue weighted by Gasteiger charge is -2.31. The maximum absolute atomic E-state index is 3.93. The number of aromatic nitrogens is 3. The van der Waals surface area contributed by atoms with E-state index in [4.69, 9.17) is 0 Å². The minimum atomic E-state index is 0.588. The summed E-state index contributed by atoms with van der Waals surface area (Å²) in [6.45, 7) is 6.45. The van der Waals surface area contributed by atoms with E-state index in [1.807, 2.05) is 17.9 Å². The van der Waals surface area contributed by atoms with Crippen molar-refractivity contribution in [3.63, 3.8) is 0 Å². The first-order chi connectivity index (χ1) is 6.75. The molecule has 14 heavy (non-hydrogen) atoms. The molecule has 2 rings (SSSR count). The van der Waals surface area contributed by atoms with E-state index in [-0.39, 0.29) is 0 Å². The molecule has 0 aliphatic carbocycles. The minimum Gasteiger partial charge on any atom is -0.312 e. The van der Waals surface area contributed by atoms with Gasteiger partial charge in [-0.05, 0) is 6.92 Å². The van der Waals surface area contributed by atoms with Crippen LogP contribution >= 0.6 is 0 Å². The normalized spacial score (nSPS) is 24.0. The number of hydrogen-bond acceptors (Lipinski definition) is 4. The first-order valence-electron chi connectivity index (χ1n) is 5.05. The molecule has 0 aromatic carbocycles. The van der Waals surface area contributed by atoms with Gasteiger partial charge in [0.25, 0.3) is 0 Å². The Hall–Kier alpha value is -0.940. The molecule has 0 saturated carbocycles. The van der Waals surface area contributed by atoms with Crippen LogP contribution in [0.3, 0.4) is 0 Å². The predicted octanol–water partition coefficient (Wildman–Crippen LogP) is -0.391. The molecule has 1 unspecified atom stereocenters. The maximum Gasteiger partial charge on any atom is 0.0738 e. The second-order valence-electron chi connectivity index (χ2n) is 3.94. The number of nitrogens with zero attached hydrogens (tertiary/aromatic N) is 4. The molecule has 78 valence electrons. The number of nitrogens with one attached hydrogen (secondary N) is 1. The summed E-state index contributed by atoms with van der Waals surface area (Å²) in [5.74, 6) is 0. The van der Waals surface area contributed by atoms with Crippen LogP contribution in [-0.2, 0) is 13.6 Å². The average Bonchev–Trinajstić information content (AvgIpc) is 2.52. The van der Waals surface area contributed by atoms with Crippen molar-refractivity contribution in [2.75, 3.05) is 19.6 Å². The van der Waals surface area contributed by atoms with Crippen LogP contribution in [0.2, 0.25) is 0 Å². The van der Waals surface area contributed by atoms with Crippen molar-refractivity contribution in [3.05, 3.63) is 11.9 Å². The third-order valence-electron chi connectivity index (χ3n) is 2.65. The van der Waals surface area contributed by atoms with E-state index in [1.165, 1.54) is 5.69 Å². The van der Waals surface area contributed by atoms with Gasteiger partial charge in [-0.15, -0.1) is 5.10 Å². The van der Waals surface area contributed by atoms with Crippen molar-refractivity contribution in [2.24, 2.45) is 7.05 Å². The number of rotatable bonds is 2. The summed E-state index contributed by atoms with van der Waals surface area (Å²) in [5.41, 5.74) is 1.18. The van der Waals surface area contributed by atoms with Gasteiger partial charge in [0.15, 0.2) is 0 Å². The highest BCUT2D eigenvalue weighted by Gasteiger charge is 2.16. The van der Waals surface area contributed by atoms with Crippen molar-refractivity contribution in [1.82, 2.24) is 25.2 Å². The molecule has 5 heteroatoms. The number of hydrogen-bond donors (Lipinski definition) is 1. The molecule has 1 aromatic heterocycles. The SMILES string of the molecule is CC1CN(Cc2cnnn2C)CCN1. The predicted molar refractivity (Wildman–Crippen MR) is 53.7 cm³/mol. The first kappa shape index (κ1) is 9.61. The van der Waals surface area contributed by atoms with E-state index in [9.17, 15) is 0 Å². The molecule has 1 fully saturated rings. The second kappa shape index (κ2) is 4.06. The van der Waals surface area contributed by atoms with Gasteiger partial charge in [-0.2, -0.15) is 0 Å². The molecule has 0 amide bonds. The molecule has 1 aliphatic rings. The summed E-state index contributed by atoms with van der Waals surface area (Å²) in [6, 6.07) is 0.588. The summed E-state index contributed by atoms with van der Waals surface area (Å²) in [6.07, 6.45) is 1.84. The van der Waals surface area contributed by atoms with Crippen molar-refractivity contribution < 1.29 is 0 Å². The number of piperazine rings is 1. The Bertz CT molecular complexity index is 295. The Balaban J connectivity index is 1.94. The standard InChI is InChI=1S/C9H17N5/c1-8-6-14(4-3-10-8)7-9-5-11-12-13(9)2/h5,8,10H,3-4,6-7H2,1-2H3. The lowest BCUT2D eigenvalue weighted by atomic mass is 10.2. The van der Waals surface area contributed by atoms with Gasteiger partial charge in [-0.25, -0.2) is 0 Å². The molecular weight excluding hydrogens is 178 g/mol. The molecule has 2 heterocycles. The molecule has 0 bridgehead atoms. The molecule has 0 radical (unpaired) electrons. The van der Waals surface area contributed by atoms with Crippen molar-refractivity contribution in [2.45, 2.75) is 19.5 Å². The maximum atomic E-state index is 3.93. The molecule has 0 spiro atoms. The van der Waals surface area contributed by atoms with Gasteiger partial charge in [0.2, 0.25) is 0 Å². The summed E-state index contributed by atoms with van der Waals surface area (Å²) >= 11 is 0. The zero-order chi connectivity index (χ0) is 9.97. The van der Waals surface area contributed by atoms with Crippen LogP contribution in [0.5, 0.6) is 0 Å². The molecule has 5 nitrogen and oxygen atoms in total. The highest BCUT2D eigenvalue weighted by molar-refractivity contribution is 4.94. The highest BCUT2D eigenvalue weighted by Crippen LogP contribution is 2.04. The van der Waals surface area contributed by atoms with Crippen LogP contribution in [0, 0.1) is 0 Å². The Morgan fingerprint density at radius 3 is 3.14 bits per heavy atom. The van der Waals surface area contributed by atoms with Gasteiger partial charge >= 0.3 is 0 Å². The zero-order valence-electron chi connectivity index (χ0n) is 8.77. The van der Waals surface area contributed by atoms with E-state index in [1.54, 1.807) is 0 Å². The van der Waals surface area contributed by atoms with Gasteiger partial charge in [0.1, 0.15) is 0 Å². The van der Waals surface area contributed by atoms with E-state index < -0.39 is 0 Å². The first-order valence-corrected chi connectivity index (χ1v) is 5.05.